The van der Waals surface area contributed by atoms with Gasteiger partial charge in [0.1, 0.15) is 0 Å². The van der Waals surface area contributed by atoms with Crippen molar-refractivity contribution in [3.8, 4) is 0 Å². The summed E-state index contributed by atoms with van der Waals surface area (Å²) in [5.41, 5.74) is 6.21. The highest BCUT2D eigenvalue weighted by Gasteiger charge is 2.03. The third kappa shape index (κ3) is 8.25. The molecule has 0 fully saturated rings. The van der Waals surface area contributed by atoms with Gasteiger partial charge in [-0.05, 0) is 25.0 Å². The zero-order valence-corrected chi connectivity index (χ0v) is 13.0. The molecule has 0 aliphatic carbocycles. The molecule has 0 bridgehead atoms. The van der Waals surface area contributed by atoms with Crippen LogP contribution in [0.3, 0.4) is 0 Å². The molecule has 0 aliphatic rings. The van der Waals surface area contributed by atoms with E-state index in [1.807, 2.05) is 18.2 Å². The number of aliphatic imine (C=N–C) groups is 1. The predicted octanol–water partition coefficient (Wildman–Crippen LogP) is 0.997. The highest BCUT2D eigenvalue weighted by Crippen LogP contribution is 1.98. The number of nitrogens with zero attached hydrogens (tertiary/aromatic N) is 1. The summed E-state index contributed by atoms with van der Waals surface area (Å²) in [6.07, 6.45) is 3.10. The van der Waals surface area contributed by atoms with E-state index < -0.39 is 6.03 Å². The molecule has 5 N–H and O–H groups in total. The molecule has 23 heavy (non-hydrogen) atoms. The molecule has 1 rings (SSSR count). The minimum atomic E-state index is -0.415. The summed E-state index contributed by atoms with van der Waals surface area (Å²) in [5, 5.41) is 7.77. The molecule has 0 saturated carbocycles. The molecule has 0 atom stereocenters. The van der Waals surface area contributed by atoms with E-state index in [1.54, 1.807) is 18.2 Å². The summed E-state index contributed by atoms with van der Waals surface area (Å²) in [5.74, 6) is -0.0194. The van der Waals surface area contributed by atoms with Crippen molar-refractivity contribution < 1.29 is 9.59 Å². The fraction of sp³-hybridized carbons (Fsp3) is 0.312. The van der Waals surface area contributed by atoms with Crippen molar-refractivity contribution in [2.45, 2.75) is 12.8 Å². The molecule has 0 aliphatic heterocycles. The van der Waals surface area contributed by atoms with Gasteiger partial charge in [-0.1, -0.05) is 24.3 Å². The zero-order chi connectivity index (χ0) is 16.9. The number of hydrogen-bond donors (Lipinski definition) is 4. The third-order valence-electron chi connectivity index (χ3n) is 2.84. The monoisotopic (exact) mass is 317 g/mol. The molecule has 0 heterocycles. The van der Waals surface area contributed by atoms with Gasteiger partial charge in [0.2, 0.25) is 0 Å². The van der Waals surface area contributed by atoms with Crippen molar-refractivity contribution in [3.63, 3.8) is 0 Å². The van der Waals surface area contributed by atoms with Gasteiger partial charge in [0.15, 0.2) is 5.96 Å². The number of nitrogens with one attached hydrogen (secondary N) is 3. The first-order valence-electron chi connectivity index (χ1n) is 7.42. The van der Waals surface area contributed by atoms with E-state index in [0.717, 1.165) is 12.8 Å². The van der Waals surface area contributed by atoms with Gasteiger partial charge < -0.3 is 16.4 Å². The molecule has 1 aromatic rings. The number of rotatable bonds is 8. The normalized spacial score (nSPS) is 10.7. The molecule has 124 valence electrons. The summed E-state index contributed by atoms with van der Waals surface area (Å²) >= 11 is 0. The van der Waals surface area contributed by atoms with Gasteiger partial charge in [0.25, 0.3) is 5.91 Å². The van der Waals surface area contributed by atoms with E-state index in [0.29, 0.717) is 25.2 Å². The van der Waals surface area contributed by atoms with Crippen LogP contribution in [0, 0.1) is 0 Å². The maximum atomic E-state index is 11.8. The highest BCUT2D eigenvalue weighted by molar-refractivity contribution is 5.95. The van der Waals surface area contributed by atoms with Crippen molar-refractivity contribution in [2.75, 3.05) is 19.6 Å². The Morgan fingerprint density at radius 3 is 2.61 bits per heavy atom. The van der Waals surface area contributed by atoms with Crippen LogP contribution < -0.4 is 21.7 Å². The Kier molecular flexibility index (Phi) is 8.58. The second-order valence-corrected chi connectivity index (χ2v) is 4.72. The Morgan fingerprint density at radius 2 is 1.91 bits per heavy atom. The first-order chi connectivity index (χ1) is 11.1. The van der Waals surface area contributed by atoms with Crippen molar-refractivity contribution >= 4 is 17.9 Å². The van der Waals surface area contributed by atoms with Gasteiger partial charge in [-0.3, -0.25) is 15.1 Å². The van der Waals surface area contributed by atoms with Gasteiger partial charge in [0, 0.05) is 25.2 Å². The first-order valence-corrected chi connectivity index (χ1v) is 7.42. The average Bonchev–Trinajstić information content (AvgIpc) is 2.56. The van der Waals surface area contributed by atoms with E-state index in [4.69, 9.17) is 5.73 Å². The number of carbonyl (C=O) groups is 2. The lowest BCUT2D eigenvalue weighted by Gasteiger charge is -2.06. The van der Waals surface area contributed by atoms with Crippen molar-refractivity contribution in [1.29, 1.82) is 0 Å². The lowest BCUT2D eigenvalue weighted by Crippen LogP contribution is -2.43. The fourth-order valence-corrected chi connectivity index (χ4v) is 1.69. The van der Waals surface area contributed by atoms with Crippen LogP contribution in [0.15, 0.2) is 48.0 Å². The van der Waals surface area contributed by atoms with Gasteiger partial charge in [-0.15, -0.1) is 6.58 Å². The summed E-state index contributed by atoms with van der Waals surface area (Å²) in [6, 6.07) is 8.63. The van der Waals surface area contributed by atoms with Crippen LogP contribution in [0.25, 0.3) is 0 Å². The quantitative estimate of drug-likeness (QED) is 0.248. The second-order valence-electron chi connectivity index (χ2n) is 4.72. The minimum absolute atomic E-state index is 0.0693. The smallest absolute Gasteiger partial charge is 0.321 e. The molecule has 0 radical (unpaired) electrons. The minimum Gasteiger partial charge on any atom is -0.370 e. The highest BCUT2D eigenvalue weighted by atomic mass is 16.2. The summed E-state index contributed by atoms with van der Waals surface area (Å²) < 4.78 is 0. The lowest BCUT2D eigenvalue weighted by atomic mass is 10.2. The Balaban J connectivity index is 2.12. The van der Waals surface area contributed by atoms with Crippen molar-refractivity contribution in [3.05, 3.63) is 48.6 Å². The molecule has 0 unspecified atom stereocenters. The van der Waals surface area contributed by atoms with Gasteiger partial charge >= 0.3 is 6.03 Å². The van der Waals surface area contributed by atoms with Crippen molar-refractivity contribution in [2.24, 2.45) is 10.7 Å². The molecular weight excluding hydrogens is 294 g/mol. The molecular formula is C16H23N5O2. The SMILES string of the molecule is C=CCNC(=O)NC(N)=NCCCCNC(=O)c1ccccc1. The molecule has 0 aromatic heterocycles. The van der Waals surface area contributed by atoms with E-state index in [1.165, 1.54) is 0 Å². The van der Waals surface area contributed by atoms with Crippen LogP contribution in [-0.4, -0.2) is 37.5 Å². The molecule has 7 nitrogen and oxygen atoms in total. The number of urea groups is 1. The van der Waals surface area contributed by atoms with Crippen LogP contribution in [0.4, 0.5) is 4.79 Å². The lowest BCUT2D eigenvalue weighted by molar-refractivity contribution is 0.0953. The molecule has 3 amide bonds. The Labute approximate surface area is 136 Å². The topological polar surface area (TPSA) is 109 Å². The molecule has 7 heteroatoms. The standard InChI is InChI=1S/C16H23N5O2/c1-2-10-20-16(23)21-15(17)19-12-7-6-11-18-14(22)13-8-4-3-5-9-13/h2-5,8-9H,1,6-7,10-12H2,(H,18,22)(H4,17,19,20,21,23). The summed E-state index contributed by atoms with van der Waals surface area (Å²) in [7, 11) is 0. The Morgan fingerprint density at radius 1 is 1.17 bits per heavy atom. The number of unbranched alkanes of at least 4 members (excludes halogenated alkanes) is 1. The Hall–Kier alpha value is -2.83. The van der Waals surface area contributed by atoms with Gasteiger partial charge in [0.05, 0.1) is 0 Å². The number of guanidine groups is 1. The fourth-order valence-electron chi connectivity index (χ4n) is 1.69. The average molecular weight is 317 g/mol. The van der Waals surface area contributed by atoms with Crippen LogP contribution in [0.5, 0.6) is 0 Å². The number of hydrogen-bond acceptors (Lipinski definition) is 3. The van der Waals surface area contributed by atoms with E-state index in [-0.39, 0.29) is 11.9 Å². The van der Waals surface area contributed by atoms with E-state index >= 15 is 0 Å². The van der Waals surface area contributed by atoms with Crippen LogP contribution in [0.2, 0.25) is 0 Å². The largest absolute Gasteiger partial charge is 0.370 e. The third-order valence-corrected chi connectivity index (χ3v) is 2.84. The second kappa shape index (κ2) is 10.8. The Bertz CT molecular complexity index is 543. The summed E-state index contributed by atoms with van der Waals surface area (Å²) in [6.45, 7) is 4.90. The van der Waals surface area contributed by atoms with Crippen LogP contribution in [-0.2, 0) is 0 Å². The predicted molar refractivity (Wildman–Crippen MR) is 91.2 cm³/mol. The number of benzene rings is 1. The van der Waals surface area contributed by atoms with Crippen molar-refractivity contribution in [1.82, 2.24) is 16.0 Å². The number of carbonyl (C=O) groups excluding carboxylic acids is 2. The van der Waals surface area contributed by atoms with Gasteiger partial charge in [-0.2, -0.15) is 0 Å². The molecule has 0 spiro atoms. The van der Waals surface area contributed by atoms with Crippen LogP contribution in [0.1, 0.15) is 23.2 Å². The maximum Gasteiger partial charge on any atom is 0.321 e. The zero-order valence-electron chi connectivity index (χ0n) is 13.0. The van der Waals surface area contributed by atoms with Gasteiger partial charge in [-0.25, -0.2) is 4.79 Å². The summed E-state index contributed by atoms with van der Waals surface area (Å²) in [4.78, 5) is 27.1. The number of nitrogens with two attached hydrogens (primary N) is 1. The molecule has 0 saturated heterocycles. The maximum absolute atomic E-state index is 11.8. The molecule has 1 aromatic carbocycles. The first kappa shape index (κ1) is 18.2. The van der Waals surface area contributed by atoms with Crippen LogP contribution >= 0.6 is 0 Å². The number of amides is 3. The van der Waals surface area contributed by atoms with E-state index in [2.05, 4.69) is 27.5 Å². The van der Waals surface area contributed by atoms with E-state index in [9.17, 15) is 9.59 Å².